The molecule has 2 rings (SSSR count). The number of ether oxygens (including phenoxy) is 1. The van der Waals surface area contributed by atoms with Crippen LogP contribution in [0.1, 0.15) is 12.8 Å². The van der Waals surface area contributed by atoms with Gasteiger partial charge in [-0.05, 0) is 31.0 Å². The van der Waals surface area contributed by atoms with Crippen LogP contribution >= 0.6 is 46.4 Å². The highest BCUT2D eigenvalue weighted by molar-refractivity contribution is 6.53. The van der Waals surface area contributed by atoms with Crippen molar-refractivity contribution in [3.63, 3.8) is 0 Å². The van der Waals surface area contributed by atoms with Gasteiger partial charge in [0, 0.05) is 24.2 Å². The maximum Gasteiger partial charge on any atom is 0.258 e. The van der Waals surface area contributed by atoms with Crippen LogP contribution in [0.5, 0.6) is 5.75 Å². The van der Waals surface area contributed by atoms with Gasteiger partial charge in [0.25, 0.3) is 11.8 Å². The molecule has 24 heavy (non-hydrogen) atoms. The van der Waals surface area contributed by atoms with E-state index in [2.05, 4.69) is 5.32 Å². The largest absolute Gasteiger partial charge is 0.482 e. The first-order valence-corrected chi connectivity index (χ1v) is 8.94. The van der Waals surface area contributed by atoms with Gasteiger partial charge >= 0.3 is 0 Å². The van der Waals surface area contributed by atoms with Gasteiger partial charge in [-0.3, -0.25) is 9.59 Å². The molecule has 5 nitrogen and oxygen atoms in total. The van der Waals surface area contributed by atoms with E-state index in [0.29, 0.717) is 41.7 Å². The summed E-state index contributed by atoms with van der Waals surface area (Å²) < 4.78 is 5.38. The molecule has 0 aromatic heterocycles. The van der Waals surface area contributed by atoms with Crippen molar-refractivity contribution in [3.8, 4) is 5.75 Å². The fourth-order valence-electron chi connectivity index (χ4n) is 2.39. The van der Waals surface area contributed by atoms with Crippen LogP contribution in [0.25, 0.3) is 0 Å². The molecule has 1 aliphatic rings. The summed E-state index contributed by atoms with van der Waals surface area (Å²) in [6, 6.07) is 4.77. The Bertz CT molecular complexity index is 604. The number of amides is 2. The third-order valence-corrected chi connectivity index (χ3v) is 4.51. The van der Waals surface area contributed by atoms with E-state index in [1.54, 1.807) is 23.1 Å². The lowest BCUT2D eigenvalue weighted by Crippen LogP contribution is -2.48. The number of benzene rings is 1. The standard InChI is InChI=1S/C15H16Cl4N2O3/c16-9-1-2-12(11(17)7-9)24-8-13(22)20-10-3-5-21(6-4-10)15(23)14(18)19/h1-2,7,10,14H,3-6,8H2,(H,20,22). The average Bonchev–Trinajstić information content (AvgIpc) is 2.54. The molecule has 1 aromatic carbocycles. The number of alkyl halides is 2. The SMILES string of the molecule is O=C(COc1ccc(Cl)cc1Cl)NC1CCN(C(=O)C(Cl)Cl)CC1. The summed E-state index contributed by atoms with van der Waals surface area (Å²) in [5.41, 5.74) is 0. The van der Waals surface area contributed by atoms with Crippen LogP contribution in [0.15, 0.2) is 18.2 Å². The summed E-state index contributed by atoms with van der Waals surface area (Å²) in [6.45, 7) is 0.860. The van der Waals surface area contributed by atoms with E-state index in [4.69, 9.17) is 51.1 Å². The van der Waals surface area contributed by atoms with Crippen molar-refractivity contribution in [2.24, 2.45) is 0 Å². The first-order valence-electron chi connectivity index (χ1n) is 7.31. The molecule has 0 spiro atoms. The number of piperidine rings is 1. The Hall–Kier alpha value is -0.880. The van der Waals surface area contributed by atoms with Crippen LogP contribution in [0.4, 0.5) is 0 Å². The fraction of sp³-hybridized carbons (Fsp3) is 0.467. The molecule has 0 bridgehead atoms. The highest BCUT2D eigenvalue weighted by Crippen LogP contribution is 2.27. The molecule has 9 heteroatoms. The number of rotatable bonds is 5. The summed E-state index contributed by atoms with van der Waals surface area (Å²) in [7, 11) is 0. The van der Waals surface area contributed by atoms with Crippen molar-refractivity contribution in [2.75, 3.05) is 19.7 Å². The number of halogens is 4. The van der Waals surface area contributed by atoms with Gasteiger partial charge in [-0.2, -0.15) is 0 Å². The lowest BCUT2D eigenvalue weighted by molar-refractivity contribution is -0.130. The molecule has 132 valence electrons. The second-order valence-corrected chi connectivity index (χ2v) is 7.27. The number of likely N-dealkylation sites (tertiary alicyclic amines) is 1. The number of carbonyl (C=O) groups excluding carboxylic acids is 2. The molecule has 1 fully saturated rings. The van der Waals surface area contributed by atoms with E-state index in [-0.39, 0.29) is 24.5 Å². The number of nitrogens with zero attached hydrogens (tertiary/aromatic N) is 1. The average molecular weight is 414 g/mol. The number of hydrogen-bond acceptors (Lipinski definition) is 3. The zero-order chi connectivity index (χ0) is 17.7. The van der Waals surface area contributed by atoms with Crippen molar-refractivity contribution in [2.45, 2.75) is 23.7 Å². The maximum atomic E-state index is 12.0. The monoisotopic (exact) mass is 412 g/mol. The van der Waals surface area contributed by atoms with Crippen molar-refractivity contribution in [3.05, 3.63) is 28.2 Å². The molecule has 1 aromatic rings. The normalized spacial score (nSPS) is 15.5. The van der Waals surface area contributed by atoms with Crippen LogP contribution in [0, 0.1) is 0 Å². The van der Waals surface area contributed by atoms with Gasteiger partial charge < -0.3 is 15.0 Å². The molecular weight excluding hydrogens is 398 g/mol. The van der Waals surface area contributed by atoms with Crippen molar-refractivity contribution >= 4 is 58.2 Å². The number of carbonyl (C=O) groups is 2. The minimum atomic E-state index is -1.05. The van der Waals surface area contributed by atoms with E-state index < -0.39 is 4.84 Å². The Labute approximate surface area is 160 Å². The molecule has 0 aliphatic carbocycles. The molecule has 1 N–H and O–H groups in total. The van der Waals surface area contributed by atoms with E-state index in [9.17, 15) is 9.59 Å². The van der Waals surface area contributed by atoms with Crippen molar-refractivity contribution < 1.29 is 14.3 Å². The predicted octanol–water partition coefficient (Wildman–Crippen LogP) is 3.28. The van der Waals surface area contributed by atoms with Crippen molar-refractivity contribution in [1.29, 1.82) is 0 Å². The Morgan fingerprint density at radius 3 is 2.50 bits per heavy atom. The summed E-state index contributed by atoms with van der Waals surface area (Å²) in [5, 5.41) is 3.71. The topological polar surface area (TPSA) is 58.6 Å². The first-order chi connectivity index (χ1) is 11.4. The molecule has 0 atom stereocenters. The van der Waals surface area contributed by atoms with Gasteiger partial charge in [0.2, 0.25) is 0 Å². The lowest BCUT2D eigenvalue weighted by atomic mass is 10.1. The smallest absolute Gasteiger partial charge is 0.258 e. The predicted molar refractivity (Wildman–Crippen MR) is 95.2 cm³/mol. The van der Waals surface area contributed by atoms with Crippen LogP contribution in [0.3, 0.4) is 0 Å². The van der Waals surface area contributed by atoms with Gasteiger partial charge in [0.1, 0.15) is 5.75 Å². The Kier molecular flexibility index (Phi) is 7.29. The second-order valence-electron chi connectivity index (χ2n) is 5.33. The Morgan fingerprint density at radius 2 is 1.92 bits per heavy atom. The first kappa shape index (κ1) is 19.4. The zero-order valence-corrected chi connectivity index (χ0v) is 15.6. The van der Waals surface area contributed by atoms with Crippen molar-refractivity contribution in [1.82, 2.24) is 10.2 Å². The van der Waals surface area contributed by atoms with E-state index in [0.717, 1.165) is 0 Å². The van der Waals surface area contributed by atoms with Gasteiger partial charge in [-0.1, -0.05) is 46.4 Å². The number of nitrogens with one attached hydrogen (secondary N) is 1. The van der Waals surface area contributed by atoms with Gasteiger partial charge in [-0.15, -0.1) is 0 Å². The summed E-state index contributed by atoms with van der Waals surface area (Å²) >= 11 is 22.9. The summed E-state index contributed by atoms with van der Waals surface area (Å²) in [4.78, 5) is 24.2. The molecular formula is C15H16Cl4N2O3. The summed E-state index contributed by atoms with van der Waals surface area (Å²) in [6.07, 6.45) is 1.28. The molecule has 0 unspecified atom stereocenters. The maximum absolute atomic E-state index is 12.0. The second kappa shape index (κ2) is 8.99. The molecule has 1 saturated heterocycles. The minimum absolute atomic E-state index is 0.0186. The van der Waals surface area contributed by atoms with E-state index in [1.165, 1.54) is 0 Å². The van der Waals surface area contributed by atoms with Gasteiger partial charge in [0.05, 0.1) is 5.02 Å². The fourth-order valence-corrected chi connectivity index (χ4v) is 3.13. The highest BCUT2D eigenvalue weighted by atomic mass is 35.5. The third-order valence-electron chi connectivity index (χ3n) is 3.61. The minimum Gasteiger partial charge on any atom is -0.482 e. The van der Waals surface area contributed by atoms with Crippen LogP contribution in [0.2, 0.25) is 10.0 Å². The van der Waals surface area contributed by atoms with Gasteiger partial charge in [-0.25, -0.2) is 0 Å². The lowest BCUT2D eigenvalue weighted by Gasteiger charge is -2.32. The van der Waals surface area contributed by atoms with E-state index >= 15 is 0 Å². The third kappa shape index (κ3) is 5.59. The highest BCUT2D eigenvalue weighted by Gasteiger charge is 2.26. The Balaban J connectivity index is 1.75. The van der Waals surface area contributed by atoms with Gasteiger partial charge in [0.15, 0.2) is 11.4 Å². The van der Waals surface area contributed by atoms with Crippen LogP contribution in [-0.2, 0) is 9.59 Å². The Morgan fingerprint density at radius 1 is 1.25 bits per heavy atom. The van der Waals surface area contributed by atoms with Crippen LogP contribution < -0.4 is 10.1 Å². The molecule has 2 amide bonds. The quantitative estimate of drug-likeness (QED) is 0.753. The zero-order valence-electron chi connectivity index (χ0n) is 12.6. The molecule has 1 heterocycles. The number of hydrogen-bond donors (Lipinski definition) is 1. The molecule has 0 radical (unpaired) electrons. The van der Waals surface area contributed by atoms with Crippen LogP contribution in [-0.4, -0.2) is 47.3 Å². The summed E-state index contributed by atoms with van der Waals surface area (Å²) in [5.74, 6) is -0.158. The molecule has 1 aliphatic heterocycles. The molecule has 0 saturated carbocycles. The van der Waals surface area contributed by atoms with E-state index in [1.807, 2.05) is 0 Å².